The lowest BCUT2D eigenvalue weighted by atomic mass is 10.2. The first-order valence-corrected chi connectivity index (χ1v) is 7.50. The van der Waals surface area contributed by atoms with Crippen molar-refractivity contribution in [2.75, 3.05) is 26.1 Å². The molecule has 2 N–H and O–H groups in total. The summed E-state index contributed by atoms with van der Waals surface area (Å²) in [7, 11) is 3.12. The van der Waals surface area contributed by atoms with Crippen LogP contribution in [-0.4, -0.2) is 31.8 Å². The molecule has 0 unspecified atom stereocenters. The summed E-state index contributed by atoms with van der Waals surface area (Å²) in [4.78, 5) is 15.8. The Hall–Kier alpha value is -2.96. The van der Waals surface area contributed by atoms with Crippen LogP contribution in [0, 0.1) is 0 Å². The number of carbonyl (C=O) groups is 1. The third-order valence-electron chi connectivity index (χ3n) is 3.20. The number of anilines is 1. The second-order valence-electron chi connectivity index (χ2n) is 4.81. The van der Waals surface area contributed by atoms with Gasteiger partial charge in [-0.05, 0) is 36.8 Å². The molecule has 0 radical (unpaired) electrons. The van der Waals surface area contributed by atoms with Gasteiger partial charge in [0.1, 0.15) is 0 Å². The SMILES string of the molecule is CCOc1c(OC)cc(CNC(=O)Nc2ccncc2)cc1OC. The van der Waals surface area contributed by atoms with Crippen LogP contribution in [0.3, 0.4) is 0 Å². The van der Waals surface area contributed by atoms with Crippen molar-refractivity contribution in [1.82, 2.24) is 10.3 Å². The van der Waals surface area contributed by atoms with Gasteiger partial charge in [0.15, 0.2) is 11.5 Å². The molecule has 0 fully saturated rings. The number of hydrogen-bond donors (Lipinski definition) is 2. The van der Waals surface area contributed by atoms with Crippen LogP contribution in [0.5, 0.6) is 17.2 Å². The van der Waals surface area contributed by atoms with Crippen LogP contribution >= 0.6 is 0 Å². The van der Waals surface area contributed by atoms with Crippen molar-refractivity contribution >= 4 is 11.7 Å². The smallest absolute Gasteiger partial charge is 0.319 e. The van der Waals surface area contributed by atoms with E-state index in [-0.39, 0.29) is 6.03 Å². The Labute approximate surface area is 140 Å². The molecule has 1 aromatic heterocycles. The third-order valence-corrected chi connectivity index (χ3v) is 3.20. The number of methoxy groups -OCH3 is 2. The van der Waals surface area contributed by atoms with Gasteiger partial charge in [0.25, 0.3) is 0 Å². The second kappa shape index (κ2) is 8.61. The number of hydrogen-bond acceptors (Lipinski definition) is 5. The highest BCUT2D eigenvalue weighted by Gasteiger charge is 2.14. The number of benzene rings is 1. The van der Waals surface area contributed by atoms with E-state index in [1.54, 1.807) is 50.9 Å². The van der Waals surface area contributed by atoms with Crippen molar-refractivity contribution in [3.63, 3.8) is 0 Å². The fourth-order valence-electron chi connectivity index (χ4n) is 2.12. The van der Waals surface area contributed by atoms with Crippen LogP contribution in [-0.2, 0) is 6.54 Å². The summed E-state index contributed by atoms with van der Waals surface area (Å²) in [5.41, 5.74) is 1.50. The Balaban J connectivity index is 2.05. The molecule has 2 rings (SSSR count). The Bertz CT molecular complexity index is 652. The predicted octanol–water partition coefficient (Wildman–Crippen LogP) is 2.82. The van der Waals surface area contributed by atoms with Gasteiger partial charge in [0.2, 0.25) is 5.75 Å². The molecule has 1 heterocycles. The molecule has 2 aromatic rings. The van der Waals surface area contributed by atoms with Crippen molar-refractivity contribution in [2.45, 2.75) is 13.5 Å². The van der Waals surface area contributed by atoms with E-state index in [4.69, 9.17) is 14.2 Å². The number of nitrogens with one attached hydrogen (secondary N) is 2. The molecule has 128 valence electrons. The fraction of sp³-hybridized carbons (Fsp3) is 0.294. The highest BCUT2D eigenvalue weighted by Crippen LogP contribution is 2.38. The first-order valence-electron chi connectivity index (χ1n) is 7.50. The number of pyridine rings is 1. The molecule has 7 nitrogen and oxygen atoms in total. The molecule has 2 amide bonds. The number of amides is 2. The lowest BCUT2D eigenvalue weighted by molar-refractivity contribution is 0.251. The number of ether oxygens (including phenoxy) is 3. The monoisotopic (exact) mass is 331 g/mol. The van der Waals surface area contributed by atoms with Gasteiger partial charge >= 0.3 is 6.03 Å². The maximum Gasteiger partial charge on any atom is 0.319 e. The largest absolute Gasteiger partial charge is 0.493 e. The van der Waals surface area contributed by atoms with Gasteiger partial charge in [0.05, 0.1) is 20.8 Å². The molecule has 0 aliphatic rings. The fourth-order valence-corrected chi connectivity index (χ4v) is 2.12. The minimum atomic E-state index is -0.312. The van der Waals surface area contributed by atoms with Crippen molar-refractivity contribution in [3.05, 3.63) is 42.2 Å². The van der Waals surface area contributed by atoms with E-state index in [0.717, 1.165) is 5.56 Å². The summed E-state index contributed by atoms with van der Waals surface area (Å²) in [6.45, 7) is 2.70. The summed E-state index contributed by atoms with van der Waals surface area (Å²) in [6.07, 6.45) is 3.22. The maximum absolute atomic E-state index is 11.9. The van der Waals surface area contributed by atoms with E-state index in [2.05, 4.69) is 15.6 Å². The molecule has 0 spiro atoms. The predicted molar refractivity (Wildman–Crippen MR) is 90.8 cm³/mol. The molecule has 0 aliphatic carbocycles. The highest BCUT2D eigenvalue weighted by atomic mass is 16.5. The number of carbonyl (C=O) groups excluding carboxylic acids is 1. The highest BCUT2D eigenvalue weighted by molar-refractivity contribution is 5.89. The minimum absolute atomic E-state index is 0.312. The number of rotatable bonds is 7. The van der Waals surface area contributed by atoms with E-state index < -0.39 is 0 Å². The van der Waals surface area contributed by atoms with Gasteiger partial charge in [-0.25, -0.2) is 4.79 Å². The normalized spacial score (nSPS) is 9.96. The Morgan fingerprint density at radius 3 is 2.29 bits per heavy atom. The van der Waals surface area contributed by atoms with E-state index >= 15 is 0 Å². The molecule has 1 aromatic carbocycles. The molecule has 0 saturated carbocycles. The number of urea groups is 1. The Morgan fingerprint density at radius 2 is 1.75 bits per heavy atom. The van der Waals surface area contributed by atoms with E-state index in [0.29, 0.717) is 36.1 Å². The van der Waals surface area contributed by atoms with E-state index in [1.165, 1.54) is 0 Å². The average molecular weight is 331 g/mol. The van der Waals surface area contributed by atoms with Gasteiger partial charge in [-0.1, -0.05) is 0 Å². The number of aromatic nitrogens is 1. The average Bonchev–Trinajstić information content (AvgIpc) is 2.61. The van der Waals surface area contributed by atoms with Gasteiger partial charge in [-0.2, -0.15) is 0 Å². The summed E-state index contributed by atoms with van der Waals surface area (Å²) in [6, 6.07) is 6.72. The molecule has 0 aliphatic heterocycles. The first-order chi connectivity index (χ1) is 11.7. The van der Waals surface area contributed by atoms with Gasteiger partial charge in [0, 0.05) is 24.6 Å². The third kappa shape index (κ3) is 4.52. The van der Waals surface area contributed by atoms with Gasteiger partial charge in [-0.3, -0.25) is 4.98 Å². The zero-order valence-electron chi connectivity index (χ0n) is 14.0. The Morgan fingerprint density at radius 1 is 1.12 bits per heavy atom. The van der Waals surface area contributed by atoms with Crippen LogP contribution in [0.4, 0.5) is 10.5 Å². The first kappa shape index (κ1) is 17.4. The lowest BCUT2D eigenvalue weighted by Crippen LogP contribution is -2.28. The minimum Gasteiger partial charge on any atom is -0.493 e. The van der Waals surface area contributed by atoms with E-state index in [9.17, 15) is 4.79 Å². The molecular formula is C17H21N3O4. The topological polar surface area (TPSA) is 81.7 Å². The summed E-state index contributed by atoms with van der Waals surface area (Å²) >= 11 is 0. The van der Waals surface area contributed by atoms with Crippen LogP contribution in [0.25, 0.3) is 0 Å². The molecule has 7 heteroatoms. The summed E-state index contributed by atoms with van der Waals surface area (Å²) < 4.78 is 16.2. The quantitative estimate of drug-likeness (QED) is 0.815. The molecule has 0 bridgehead atoms. The standard InChI is InChI=1S/C17H21N3O4/c1-4-24-16-14(22-2)9-12(10-15(16)23-3)11-19-17(21)20-13-5-7-18-8-6-13/h5-10H,4,11H2,1-3H3,(H2,18,19,20,21). The van der Waals surface area contributed by atoms with E-state index in [1.807, 2.05) is 6.92 Å². The van der Waals surface area contributed by atoms with Crippen LogP contribution in [0.2, 0.25) is 0 Å². The molecule has 0 atom stereocenters. The number of nitrogens with zero attached hydrogens (tertiary/aromatic N) is 1. The van der Waals surface area contributed by atoms with Crippen molar-refractivity contribution < 1.29 is 19.0 Å². The molecule has 24 heavy (non-hydrogen) atoms. The van der Waals surface area contributed by atoms with Crippen LogP contribution < -0.4 is 24.8 Å². The lowest BCUT2D eigenvalue weighted by Gasteiger charge is -2.15. The van der Waals surface area contributed by atoms with Gasteiger partial charge in [-0.15, -0.1) is 0 Å². The van der Waals surface area contributed by atoms with Crippen molar-refractivity contribution in [1.29, 1.82) is 0 Å². The molecular weight excluding hydrogens is 310 g/mol. The van der Waals surface area contributed by atoms with Gasteiger partial charge < -0.3 is 24.8 Å². The summed E-state index contributed by atoms with van der Waals surface area (Å²) in [5.74, 6) is 1.66. The van der Waals surface area contributed by atoms with Crippen molar-refractivity contribution in [2.24, 2.45) is 0 Å². The summed E-state index contributed by atoms with van der Waals surface area (Å²) in [5, 5.41) is 5.50. The van der Waals surface area contributed by atoms with Crippen LogP contribution in [0.15, 0.2) is 36.7 Å². The molecule has 0 saturated heterocycles. The second-order valence-corrected chi connectivity index (χ2v) is 4.81. The zero-order valence-corrected chi connectivity index (χ0v) is 14.0. The Kier molecular flexibility index (Phi) is 6.24. The van der Waals surface area contributed by atoms with Crippen molar-refractivity contribution in [3.8, 4) is 17.2 Å². The van der Waals surface area contributed by atoms with Crippen LogP contribution in [0.1, 0.15) is 12.5 Å². The zero-order chi connectivity index (χ0) is 17.4. The maximum atomic E-state index is 11.9.